The zero-order chi connectivity index (χ0) is 26.8. The summed E-state index contributed by atoms with van der Waals surface area (Å²) in [5.41, 5.74) is 13.3. The maximum absolute atomic E-state index is 12.4. The fourth-order valence-corrected chi connectivity index (χ4v) is 6.27. The molecule has 200 valence electrons. The van der Waals surface area contributed by atoms with Crippen molar-refractivity contribution in [2.24, 2.45) is 0 Å². The van der Waals surface area contributed by atoms with E-state index in [0.717, 1.165) is 0 Å². The van der Waals surface area contributed by atoms with Crippen LogP contribution in [0.1, 0.15) is 13.8 Å². The topological polar surface area (TPSA) is 242 Å². The van der Waals surface area contributed by atoms with Crippen LogP contribution in [0.15, 0.2) is 25.3 Å². The second-order valence-electron chi connectivity index (χ2n) is 8.23. The third kappa shape index (κ3) is 6.64. The van der Waals surface area contributed by atoms with Crippen molar-refractivity contribution in [3.05, 3.63) is 25.3 Å². The molecular formula is C18H26N10O7P2. The number of hydrogen-bond donors (Lipinski definition) is 4. The molecule has 0 spiro atoms. The van der Waals surface area contributed by atoms with Gasteiger partial charge >= 0.3 is 15.2 Å². The number of anilines is 2. The Morgan fingerprint density at radius 1 is 0.784 bits per heavy atom. The first-order valence-corrected chi connectivity index (χ1v) is 14.4. The summed E-state index contributed by atoms with van der Waals surface area (Å²) < 4.78 is 43.5. The molecule has 4 heterocycles. The minimum absolute atomic E-state index is 0.212. The van der Waals surface area contributed by atoms with Gasteiger partial charge in [0.15, 0.2) is 22.9 Å². The van der Waals surface area contributed by atoms with Crippen LogP contribution in [-0.4, -0.2) is 73.7 Å². The summed E-state index contributed by atoms with van der Waals surface area (Å²) in [4.78, 5) is 44.4. The van der Waals surface area contributed by atoms with Crippen LogP contribution in [0.5, 0.6) is 0 Å². The van der Waals surface area contributed by atoms with Gasteiger partial charge in [0.1, 0.15) is 36.4 Å². The average Bonchev–Trinajstić information content (AvgIpc) is 3.42. The highest BCUT2D eigenvalue weighted by molar-refractivity contribution is 7.66. The molecule has 2 unspecified atom stereocenters. The van der Waals surface area contributed by atoms with E-state index in [0.29, 0.717) is 22.3 Å². The van der Waals surface area contributed by atoms with Gasteiger partial charge in [-0.3, -0.25) is 9.13 Å². The molecule has 19 heteroatoms. The molecule has 0 saturated carbocycles. The van der Waals surface area contributed by atoms with E-state index >= 15 is 0 Å². The summed E-state index contributed by atoms with van der Waals surface area (Å²) in [6, 6.07) is 0. The second kappa shape index (κ2) is 10.8. The molecule has 37 heavy (non-hydrogen) atoms. The molecule has 4 rings (SSSR count). The first-order valence-electron chi connectivity index (χ1n) is 10.8. The van der Waals surface area contributed by atoms with E-state index in [2.05, 4.69) is 34.2 Å². The van der Waals surface area contributed by atoms with Gasteiger partial charge in [0, 0.05) is 0 Å². The highest BCUT2D eigenvalue weighted by Gasteiger charge is 2.34. The maximum atomic E-state index is 12.4. The van der Waals surface area contributed by atoms with Gasteiger partial charge in [-0.1, -0.05) is 0 Å². The van der Waals surface area contributed by atoms with Crippen molar-refractivity contribution in [1.29, 1.82) is 0 Å². The van der Waals surface area contributed by atoms with Crippen molar-refractivity contribution >= 4 is 49.2 Å². The lowest BCUT2D eigenvalue weighted by atomic mass is 10.4. The normalized spacial score (nSPS) is 17.0. The predicted molar refractivity (Wildman–Crippen MR) is 131 cm³/mol. The molecule has 0 saturated heterocycles. The summed E-state index contributed by atoms with van der Waals surface area (Å²) in [6.45, 7) is 3.70. The van der Waals surface area contributed by atoms with E-state index in [9.17, 15) is 18.9 Å². The number of ether oxygens (including phenoxy) is 2. The smallest absolute Gasteiger partial charge is 0.360 e. The molecule has 0 fully saturated rings. The minimum Gasteiger partial charge on any atom is -0.382 e. The molecule has 4 atom stereocenters. The van der Waals surface area contributed by atoms with Gasteiger partial charge < -0.3 is 39.9 Å². The standard InChI is InChI=1S/C18H26N10O7P2/c1-11(3-27-7-25-13-15(19)21-5-23-17(13)27)33-9-36(29,30)35-37(31,32)10-34-12(2)4-28-8-26-14-16(20)22-6-24-18(14)28/h5-8,11-12H,3-4,9-10H2,1-2H3,(H,29,30)(H,31,32)(H2,19,21,23)(H2,20,22,24)/t11-,12-/m1/s1. The van der Waals surface area contributed by atoms with Crippen LogP contribution in [0.3, 0.4) is 0 Å². The second-order valence-corrected chi connectivity index (χ2v) is 11.9. The largest absolute Gasteiger partial charge is 0.382 e. The third-order valence-electron chi connectivity index (χ3n) is 5.07. The Morgan fingerprint density at radius 3 is 1.59 bits per heavy atom. The molecule has 6 N–H and O–H groups in total. The number of aromatic nitrogens is 8. The van der Waals surface area contributed by atoms with E-state index in [-0.39, 0.29) is 24.7 Å². The van der Waals surface area contributed by atoms with Crippen LogP contribution in [0, 0.1) is 0 Å². The average molecular weight is 556 g/mol. The Morgan fingerprint density at radius 2 is 1.19 bits per heavy atom. The number of hydrogen-bond acceptors (Lipinski definition) is 13. The van der Waals surface area contributed by atoms with Crippen molar-refractivity contribution < 1.29 is 32.7 Å². The lowest BCUT2D eigenvalue weighted by molar-refractivity contribution is 0.0695. The minimum atomic E-state index is -4.60. The van der Waals surface area contributed by atoms with E-state index in [1.165, 1.54) is 25.3 Å². The zero-order valence-electron chi connectivity index (χ0n) is 19.9. The summed E-state index contributed by atoms with van der Waals surface area (Å²) in [5.74, 6) is 0.440. The Kier molecular flexibility index (Phi) is 7.85. The third-order valence-corrected chi connectivity index (χ3v) is 8.06. The van der Waals surface area contributed by atoms with Gasteiger partial charge in [-0.05, 0) is 13.8 Å². The zero-order valence-corrected chi connectivity index (χ0v) is 21.6. The number of rotatable bonds is 12. The molecule has 4 aromatic heterocycles. The first kappa shape index (κ1) is 27.0. The van der Waals surface area contributed by atoms with Crippen LogP contribution in [0.2, 0.25) is 0 Å². The first-order chi connectivity index (χ1) is 17.4. The Bertz CT molecular complexity index is 1380. The lowest BCUT2D eigenvalue weighted by Gasteiger charge is -2.21. The fraction of sp³-hybridized carbons (Fsp3) is 0.444. The monoisotopic (exact) mass is 556 g/mol. The molecule has 0 bridgehead atoms. The van der Waals surface area contributed by atoms with Crippen LogP contribution in [0.4, 0.5) is 11.6 Å². The fourth-order valence-electron chi connectivity index (χ4n) is 3.41. The Hall–Kier alpha value is -3.04. The number of nitrogen functional groups attached to an aromatic ring is 2. The van der Waals surface area contributed by atoms with Crippen LogP contribution >= 0.6 is 15.2 Å². The highest BCUT2D eigenvalue weighted by atomic mass is 31.3. The van der Waals surface area contributed by atoms with Gasteiger partial charge in [0.2, 0.25) is 0 Å². The van der Waals surface area contributed by atoms with Gasteiger partial charge in [-0.25, -0.2) is 34.2 Å². The quantitative estimate of drug-likeness (QED) is 0.177. The molecule has 0 aliphatic heterocycles. The van der Waals surface area contributed by atoms with Crippen molar-refractivity contribution in [3.8, 4) is 0 Å². The maximum Gasteiger partial charge on any atom is 0.360 e. The number of imidazole rings is 2. The highest BCUT2D eigenvalue weighted by Crippen LogP contribution is 2.59. The van der Waals surface area contributed by atoms with Crippen molar-refractivity contribution in [2.75, 3.05) is 24.2 Å². The van der Waals surface area contributed by atoms with Crippen molar-refractivity contribution in [3.63, 3.8) is 0 Å². The lowest BCUT2D eigenvalue weighted by Crippen LogP contribution is -2.18. The van der Waals surface area contributed by atoms with Crippen LogP contribution in [0.25, 0.3) is 22.3 Å². The SMILES string of the molecule is C[C@H](Cn1cnc2c(N)ncnc21)OCP(=O)(O)OP(=O)(O)CO[C@H](C)Cn1cnc2c(N)ncnc21. The Balaban J connectivity index is 1.26. The summed E-state index contributed by atoms with van der Waals surface area (Å²) in [7, 11) is -9.20. The molecule has 0 aromatic carbocycles. The van der Waals surface area contributed by atoms with Gasteiger partial charge in [-0.15, -0.1) is 0 Å². The van der Waals surface area contributed by atoms with Gasteiger partial charge in [0.05, 0.1) is 38.0 Å². The van der Waals surface area contributed by atoms with Gasteiger partial charge in [-0.2, -0.15) is 0 Å². The summed E-state index contributed by atoms with van der Waals surface area (Å²) >= 11 is 0. The van der Waals surface area contributed by atoms with E-state index in [1.54, 1.807) is 23.0 Å². The van der Waals surface area contributed by atoms with E-state index < -0.39 is 40.1 Å². The summed E-state index contributed by atoms with van der Waals surface area (Å²) in [6.07, 6.45) is 2.71. The van der Waals surface area contributed by atoms with Crippen LogP contribution in [-0.2, 0) is 36.0 Å². The van der Waals surface area contributed by atoms with E-state index in [1.807, 2.05) is 0 Å². The molecule has 17 nitrogen and oxygen atoms in total. The van der Waals surface area contributed by atoms with Gasteiger partial charge in [0.25, 0.3) is 0 Å². The predicted octanol–water partition coefficient (Wildman–Crippen LogP) is 0.943. The number of nitrogens with zero attached hydrogens (tertiary/aromatic N) is 8. The summed E-state index contributed by atoms with van der Waals surface area (Å²) in [5, 5.41) is 0. The van der Waals surface area contributed by atoms with Crippen molar-refractivity contribution in [2.45, 2.75) is 39.1 Å². The number of fused-ring (bicyclic) bond motifs is 2. The molecule has 4 aromatic rings. The molecule has 0 aliphatic rings. The van der Waals surface area contributed by atoms with Crippen molar-refractivity contribution in [1.82, 2.24) is 39.0 Å². The van der Waals surface area contributed by atoms with Crippen LogP contribution < -0.4 is 11.5 Å². The molecule has 0 radical (unpaired) electrons. The number of nitrogens with two attached hydrogens (primary N) is 2. The molecule has 0 amide bonds. The molecular weight excluding hydrogens is 530 g/mol. The van der Waals surface area contributed by atoms with E-state index in [4.69, 9.17) is 20.9 Å². The molecule has 0 aliphatic carbocycles. The Labute approximate surface area is 209 Å².